The maximum absolute atomic E-state index is 12.0. The average Bonchev–Trinajstić information content (AvgIpc) is 2.21. The molecule has 0 aromatic heterocycles. The number of nitrogens with two attached hydrogens (primary N) is 1. The Morgan fingerprint density at radius 1 is 1.35 bits per heavy atom. The van der Waals surface area contributed by atoms with Crippen LogP contribution in [0, 0.1) is 5.92 Å². The van der Waals surface area contributed by atoms with E-state index in [1.54, 1.807) is 0 Å². The van der Waals surface area contributed by atoms with E-state index in [9.17, 15) is 18.0 Å². The number of carbonyl (C=O) groups is 1. The van der Waals surface area contributed by atoms with Gasteiger partial charge >= 0.3 is 6.18 Å². The summed E-state index contributed by atoms with van der Waals surface area (Å²) in [6, 6.07) is 0. The van der Waals surface area contributed by atoms with Crippen LogP contribution in [0.25, 0.3) is 0 Å². The predicted molar refractivity (Wildman–Crippen MR) is 60.4 cm³/mol. The van der Waals surface area contributed by atoms with Crippen LogP contribution in [0.3, 0.4) is 0 Å². The highest BCUT2D eigenvalue weighted by Crippen LogP contribution is 2.18. The van der Waals surface area contributed by atoms with E-state index in [-0.39, 0.29) is 6.42 Å². The zero-order chi connectivity index (χ0) is 13.5. The molecule has 17 heavy (non-hydrogen) atoms. The first-order valence-corrected chi connectivity index (χ1v) is 5.81. The molecule has 3 nitrogen and oxygen atoms in total. The van der Waals surface area contributed by atoms with E-state index in [2.05, 4.69) is 0 Å². The molecule has 0 aliphatic rings. The molecule has 102 valence electrons. The summed E-state index contributed by atoms with van der Waals surface area (Å²) in [5.74, 6) is -0.138. The number of nitrogens with zero attached hydrogens (tertiary/aromatic N) is 1. The van der Waals surface area contributed by atoms with E-state index >= 15 is 0 Å². The van der Waals surface area contributed by atoms with Gasteiger partial charge in [0.15, 0.2) is 0 Å². The first-order chi connectivity index (χ1) is 7.80. The molecular weight excluding hydrogens is 233 g/mol. The molecule has 1 atom stereocenters. The molecule has 2 N–H and O–H groups in total. The minimum absolute atomic E-state index is 0.158. The Morgan fingerprint density at radius 3 is 2.35 bits per heavy atom. The highest BCUT2D eigenvalue weighted by molar-refractivity contribution is 5.75. The minimum Gasteiger partial charge on any atom is -0.337 e. The molecule has 0 aromatic carbocycles. The van der Waals surface area contributed by atoms with Gasteiger partial charge in [-0.05, 0) is 25.3 Å². The summed E-state index contributed by atoms with van der Waals surface area (Å²) < 4.78 is 36.1. The van der Waals surface area contributed by atoms with Crippen LogP contribution in [0.2, 0.25) is 0 Å². The van der Waals surface area contributed by atoms with Crippen molar-refractivity contribution in [3.05, 3.63) is 0 Å². The molecule has 0 radical (unpaired) electrons. The SMILES string of the molecule is CCC(CCN)CCC(=O)N(C)CC(F)(F)F. The Balaban J connectivity index is 4.00. The molecule has 0 saturated heterocycles. The van der Waals surface area contributed by atoms with E-state index in [0.29, 0.717) is 18.9 Å². The van der Waals surface area contributed by atoms with Crippen LogP contribution in [-0.2, 0) is 4.79 Å². The molecule has 1 amide bonds. The third kappa shape index (κ3) is 8.01. The van der Waals surface area contributed by atoms with Crippen molar-refractivity contribution in [1.82, 2.24) is 4.90 Å². The lowest BCUT2D eigenvalue weighted by Crippen LogP contribution is -2.35. The van der Waals surface area contributed by atoms with E-state index in [4.69, 9.17) is 5.73 Å². The Kier molecular flexibility index (Phi) is 7.18. The zero-order valence-corrected chi connectivity index (χ0v) is 10.4. The normalized spacial score (nSPS) is 13.5. The molecular formula is C11H21F3N2O. The second kappa shape index (κ2) is 7.53. The van der Waals surface area contributed by atoms with Gasteiger partial charge in [0.05, 0.1) is 0 Å². The van der Waals surface area contributed by atoms with Crippen molar-refractivity contribution in [2.45, 2.75) is 38.8 Å². The molecule has 0 aromatic rings. The van der Waals surface area contributed by atoms with E-state index in [1.165, 1.54) is 7.05 Å². The summed E-state index contributed by atoms with van der Waals surface area (Å²) in [4.78, 5) is 12.2. The Morgan fingerprint density at radius 2 is 1.94 bits per heavy atom. The summed E-state index contributed by atoms with van der Waals surface area (Å²) in [6.07, 6.45) is -1.86. The van der Waals surface area contributed by atoms with Crippen molar-refractivity contribution in [3.8, 4) is 0 Å². The van der Waals surface area contributed by atoms with Gasteiger partial charge in [-0.2, -0.15) is 13.2 Å². The second-order valence-electron chi connectivity index (χ2n) is 4.26. The fourth-order valence-corrected chi connectivity index (χ4v) is 1.66. The van der Waals surface area contributed by atoms with E-state index in [1.807, 2.05) is 6.92 Å². The van der Waals surface area contributed by atoms with E-state index in [0.717, 1.165) is 17.7 Å². The van der Waals surface area contributed by atoms with Gasteiger partial charge in [-0.15, -0.1) is 0 Å². The highest BCUT2D eigenvalue weighted by atomic mass is 19.4. The summed E-state index contributed by atoms with van der Waals surface area (Å²) >= 11 is 0. The Labute approximate surface area is 100 Å². The number of hydrogen-bond donors (Lipinski definition) is 1. The molecule has 0 saturated carbocycles. The minimum atomic E-state index is -4.33. The van der Waals surface area contributed by atoms with Crippen molar-refractivity contribution >= 4 is 5.91 Å². The third-order valence-corrected chi connectivity index (χ3v) is 2.76. The van der Waals surface area contributed by atoms with Gasteiger partial charge in [-0.3, -0.25) is 4.79 Å². The van der Waals surface area contributed by atoms with Gasteiger partial charge in [-0.1, -0.05) is 13.3 Å². The van der Waals surface area contributed by atoms with Crippen LogP contribution < -0.4 is 5.73 Å². The first kappa shape index (κ1) is 16.2. The molecule has 0 bridgehead atoms. The number of hydrogen-bond acceptors (Lipinski definition) is 2. The maximum atomic E-state index is 12.0. The van der Waals surface area contributed by atoms with Crippen molar-refractivity contribution in [3.63, 3.8) is 0 Å². The lowest BCUT2D eigenvalue weighted by molar-refractivity contribution is -0.158. The van der Waals surface area contributed by atoms with Crippen molar-refractivity contribution in [1.29, 1.82) is 0 Å². The molecule has 0 aliphatic carbocycles. The molecule has 0 heterocycles. The molecule has 0 aliphatic heterocycles. The quantitative estimate of drug-likeness (QED) is 0.756. The van der Waals surface area contributed by atoms with Gasteiger partial charge in [0.2, 0.25) is 5.91 Å². The van der Waals surface area contributed by atoms with Crippen LogP contribution in [0.15, 0.2) is 0 Å². The van der Waals surface area contributed by atoms with Crippen molar-refractivity contribution in [2.75, 3.05) is 20.1 Å². The molecule has 0 rings (SSSR count). The van der Waals surface area contributed by atoms with Gasteiger partial charge in [0, 0.05) is 13.5 Å². The summed E-state index contributed by atoms with van der Waals surface area (Å²) in [6.45, 7) is 1.36. The van der Waals surface area contributed by atoms with Crippen LogP contribution in [0.4, 0.5) is 13.2 Å². The smallest absolute Gasteiger partial charge is 0.337 e. The summed E-state index contributed by atoms with van der Waals surface area (Å²) in [5, 5.41) is 0. The second-order valence-corrected chi connectivity index (χ2v) is 4.26. The standard InChI is InChI=1S/C11H21F3N2O/c1-3-9(6-7-15)4-5-10(17)16(2)8-11(12,13)14/h9H,3-8,15H2,1-2H3. The van der Waals surface area contributed by atoms with Gasteiger partial charge < -0.3 is 10.6 Å². The maximum Gasteiger partial charge on any atom is 0.406 e. The molecule has 0 spiro atoms. The summed E-state index contributed by atoms with van der Waals surface area (Å²) in [5.41, 5.74) is 5.41. The van der Waals surface area contributed by atoms with Crippen molar-refractivity contribution in [2.24, 2.45) is 11.7 Å². The van der Waals surface area contributed by atoms with Crippen LogP contribution in [0.1, 0.15) is 32.6 Å². The monoisotopic (exact) mass is 254 g/mol. The zero-order valence-electron chi connectivity index (χ0n) is 10.4. The molecule has 0 fully saturated rings. The fraction of sp³-hybridized carbons (Fsp3) is 0.909. The number of rotatable bonds is 7. The van der Waals surface area contributed by atoms with E-state index < -0.39 is 18.6 Å². The average molecular weight is 254 g/mol. The number of amides is 1. The number of alkyl halides is 3. The molecule has 6 heteroatoms. The van der Waals surface area contributed by atoms with Crippen molar-refractivity contribution < 1.29 is 18.0 Å². The van der Waals surface area contributed by atoms with Gasteiger partial charge in [0.1, 0.15) is 6.54 Å². The largest absolute Gasteiger partial charge is 0.406 e. The van der Waals surface area contributed by atoms with Crippen LogP contribution in [-0.4, -0.2) is 37.1 Å². The van der Waals surface area contributed by atoms with Crippen LogP contribution in [0.5, 0.6) is 0 Å². The summed E-state index contributed by atoms with van der Waals surface area (Å²) in [7, 11) is 1.18. The lowest BCUT2D eigenvalue weighted by Gasteiger charge is -2.20. The lowest BCUT2D eigenvalue weighted by atomic mass is 9.96. The predicted octanol–water partition coefficient (Wildman–Crippen LogP) is 2.16. The first-order valence-electron chi connectivity index (χ1n) is 5.81. The van der Waals surface area contributed by atoms with Crippen LogP contribution >= 0.6 is 0 Å². The topological polar surface area (TPSA) is 46.3 Å². The van der Waals surface area contributed by atoms with Gasteiger partial charge in [0.25, 0.3) is 0 Å². The fourth-order valence-electron chi connectivity index (χ4n) is 1.66. The Bertz CT molecular complexity index is 231. The Hall–Kier alpha value is -0.780. The third-order valence-electron chi connectivity index (χ3n) is 2.76. The van der Waals surface area contributed by atoms with Gasteiger partial charge in [-0.25, -0.2) is 0 Å². The molecule has 1 unspecified atom stereocenters. The highest BCUT2D eigenvalue weighted by Gasteiger charge is 2.31. The number of carbonyl (C=O) groups excluding carboxylic acids is 1. The number of halogens is 3.